The average Bonchev–Trinajstić information content (AvgIpc) is 3.48. The summed E-state index contributed by atoms with van der Waals surface area (Å²) in [4.78, 5) is 45.9. The molecule has 5 rings (SSSR count). The highest BCUT2D eigenvalue weighted by Crippen LogP contribution is 2.42. The number of carbonyl (C=O) groups is 2. The molecule has 13 heteroatoms. The number of Topliss-reactive ketones (excluding diaryl/α,β-unsaturated/α-hetero) is 1. The average molecular weight is 586 g/mol. The molecule has 0 spiro atoms. The Balaban J connectivity index is 1.44. The molecule has 41 heavy (non-hydrogen) atoms. The van der Waals surface area contributed by atoms with Crippen molar-refractivity contribution in [3.8, 4) is 5.75 Å². The van der Waals surface area contributed by atoms with Gasteiger partial charge in [-0.05, 0) is 32.9 Å². The number of aryl methyl sites for hydroxylation is 1. The second kappa shape index (κ2) is 10.8. The predicted molar refractivity (Wildman–Crippen MR) is 151 cm³/mol. The first-order valence-corrected chi connectivity index (χ1v) is 13.5. The van der Waals surface area contributed by atoms with Crippen molar-refractivity contribution in [2.45, 2.75) is 46.1 Å². The predicted octanol–water partition coefficient (Wildman–Crippen LogP) is 4.37. The molecule has 0 aromatic carbocycles. The number of aromatic amines is 1. The lowest BCUT2D eigenvalue weighted by Crippen LogP contribution is -2.41. The number of carbonyl (C=O) groups excluding carboxylic acids is 2. The number of likely N-dealkylation sites (tertiary alicyclic amines) is 1. The maximum absolute atomic E-state index is 13.8. The van der Waals surface area contributed by atoms with E-state index in [1.807, 2.05) is 20.8 Å². The molecule has 0 aliphatic carbocycles. The van der Waals surface area contributed by atoms with Crippen molar-refractivity contribution in [3.63, 3.8) is 0 Å². The fourth-order valence-corrected chi connectivity index (χ4v) is 5.47. The Morgan fingerprint density at radius 1 is 1.20 bits per heavy atom. The largest absolute Gasteiger partial charge is 0.496 e. The van der Waals surface area contributed by atoms with E-state index in [1.165, 1.54) is 11.1 Å². The molecule has 0 unspecified atom stereocenters. The Morgan fingerprint density at radius 2 is 1.90 bits per heavy atom. The van der Waals surface area contributed by atoms with Crippen LogP contribution in [0.1, 0.15) is 57.0 Å². The van der Waals surface area contributed by atoms with E-state index in [2.05, 4.69) is 15.0 Å². The Kier molecular flexibility index (Phi) is 7.56. The van der Waals surface area contributed by atoms with E-state index in [4.69, 9.17) is 27.1 Å². The van der Waals surface area contributed by atoms with E-state index >= 15 is 0 Å². The molecule has 0 saturated carbocycles. The molecule has 2 aliphatic rings. The summed E-state index contributed by atoms with van der Waals surface area (Å²) in [5.41, 5.74) is 10.4. The molecule has 0 radical (unpaired) electrons. The van der Waals surface area contributed by atoms with Gasteiger partial charge < -0.3 is 15.5 Å². The Labute approximate surface area is 240 Å². The van der Waals surface area contributed by atoms with Gasteiger partial charge >= 0.3 is 0 Å². The summed E-state index contributed by atoms with van der Waals surface area (Å²) in [6.07, 6.45) is 2.58. The summed E-state index contributed by atoms with van der Waals surface area (Å²) in [6.45, 7) is 6.09. The maximum Gasteiger partial charge on any atom is 0.260 e. The van der Waals surface area contributed by atoms with Crippen molar-refractivity contribution in [1.29, 1.82) is 0 Å². The van der Waals surface area contributed by atoms with E-state index in [-0.39, 0.29) is 67.3 Å². The van der Waals surface area contributed by atoms with Crippen LogP contribution in [-0.4, -0.2) is 69.2 Å². The number of nitrogens with one attached hydrogen (secondary N) is 1. The standard InChI is InChI=1S/C28H30ClF2N7O3/c1-14-16(3)34-20(15(2)23(14)41-4)12-38-25-22(24(29)35-27(32)36-25)19(26(38)40)10-18-9-17(11-33-18)21(39)13-37-7-5-28(30,31)6-8-37/h9-11,33H,5-8,12-13H2,1-4H3,(H2,32,35,36)/b19-10-. The molecule has 216 valence electrons. The lowest BCUT2D eigenvalue weighted by molar-refractivity contribution is -0.113. The zero-order chi connectivity index (χ0) is 29.6. The van der Waals surface area contributed by atoms with Gasteiger partial charge in [-0.2, -0.15) is 4.98 Å². The molecule has 1 fully saturated rings. The van der Waals surface area contributed by atoms with E-state index in [0.717, 1.165) is 16.8 Å². The minimum absolute atomic E-state index is 0.0155. The van der Waals surface area contributed by atoms with Gasteiger partial charge in [0.1, 0.15) is 10.9 Å². The molecule has 1 saturated heterocycles. The first-order valence-electron chi connectivity index (χ1n) is 13.1. The van der Waals surface area contributed by atoms with Gasteiger partial charge in [0, 0.05) is 60.2 Å². The van der Waals surface area contributed by atoms with Gasteiger partial charge in [0.05, 0.1) is 37.0 Å². The summed E-state index contributed by atoms with van der Waals surface area (Å²) in [6, 6.07) is 1.61. The zero-order valence-electron chi connectivity index (χ0n) is 23.1. The number of aromatic nitrogens is 4. The number of amides is 1. The van der Waals surface area contributed by atoms with E-state index in [0.29, 0.717) is 28.3 Å². The number of H-pyrrole nitrogens is 1. The number of halogens is 3. The second-order valence-corrected chi connectivity index (χ2v) is 10.7. The number of alkyl halides is 2. The number of pyridine rings is 1. The molecule has 0 bridgehead atoms. The fraction of sp³-hybridized carbons (Fsp3) is 0.393. The summed E-state index contributed by atoms with van der Waals surface area (Å²) in [7, 11) is 1.59. The van der Waals surface area contributed by atoms with Gasteiger partial charge in [0.25, 0.3) is 11.8 Å². The molecule has 0 atom stereocenters. The minimum Gasteiger partial charge on any atom is -0.496 e. The van der Waals surface area contributed by atoms with Crippen molar-refractivity contribution < 1.29 is 23.1 Å². The SMILES string of the molecule is COc1c(C)c(C)nc(CN2C(=O)/C(=C\c3cc(C(=O)CN4CCC(F)(F)CC4)c[nH]3)c3c(Cl)nc(N)nc32)c1C. The van der Waals surface area contributed by atoms with Gasteiger partial charge in [-0.1, -0.05) is 11.6 Å². The molecule has 5 heterocycles. The number of hydrogen-bond acceptors (Lipinski definition) is 8. The van der Waals surface area contributed by atoms with Crippen LogP contribution in [0.4, 0.5) is 20.5 Å². The van der Waals surface area contributed by atoms with Gasteiger partial charge in [0.15, 0.2) is 11.6 Å². The number of ketones is 1. The van der Waals surface area contributed by atoms with Crippen LogP contribution in [0.5, 0.6) is 5.75 Å². The van der Waals surface area contributed by atoms with Crippen molar-refractivity contribution >= 4 is 46.7 Å². The second-order valence-electron chi connectivity index (χ2n) is 10.3. The van der Waals surface area contributed by atoms with Gasteiger partial charge in [-0.25, -0.2) is 13.8 Å². The van der Waals surface area contributed by atoms with Crippen LogP contribution in [0.3, 0.4) is 0 Å². The number of hydrogen-bond donors (Lipinski definition) is 2. The van der Waals surface area contributed by atoms with Gasteiger partial charge in [-0.15, -0.1) is 0 Å². The molecular formula is C28H30ClF2N7O3. The number of nitrogens with two attached hydrogens (primary N) is 1. The minimum atomic E-state index is -2.68. The van der Waals surface area contributed by atoms with Crippen LogP contribution in [0, 0.1) is 20.8 Å². The Hall–Kier alpha value is -3.90. The van der Waals surface area contributed by atoms with Crippen molar-refractivity contribution in [3.05, 3.63) is 56.8 Å². The summed E-state index contributed by atoms with van der Waals surface area (Å²) in [5.74, 6) is -2.43. The highest BCUT2D eigenvalue weighted by atomic mass is 35.5. The van der Waals surface area contributed by atoms with Crippen LogP contribution >= 0.6 is 11.6 Å². The molecule has 3 N–H and O–H groups in total. The Bertz CT molecular complexity index is 1580. The lowest BCUT2D eigenvalue weighted by atomic mass is 10.1. The van der Waals surface area contributed by atoms with E-state index < -0.39 is 11.8 Å². The monoisotopic (exact) mass is 585 g/mol. The van der Waals surface area contributed by atoms with Crippen LogP contribution < -0.4 is 15.4 Å². The molecule has 10 nitrogen and oxygen atoms in total. The van der Waals surface area contributed by atoms with Crippen LogP contribution in [0.15, 0.2) is 12.3 Å². The number of nitrogens with zero attached hydrogens (tertiary/aromatic N) is 5. The number of nitrogen functional groups attached to an aromatic ring is 1. The molecular weight excluding hydrogens is 556 g/mol. The van der Waals surface area contributed by atoms with Gasteiger partial charge in [-0.3, -0.25) is 24.4 Å². The summed E-state index contributed by atoms with van der Waals surface area (Å²) in [5, 5.41) is 0.0155. The smallest absolute Gasteiger partial charge is 0.260 e. The molecule has 1 amide bonds. The maximum atomic E-state index is 13.8. The highest BCUT2D eigenvalue weighted by molar-refractivity contribution is 6.41. The first kappa shape index (κ1) is 28.6. The van der Waals surface area contributed by atoms with Gasteiger partial charge in [0.2, 0.25) is 5.95 Å². The molecule has 3 aromatic rings. The van der Waals surface area contributed by atoms with E-state index in [9.17, 15) is 18.4 Å². The van der Waals surface area contributed by atoms with Crippen LogP contribution in [0.2, 0.25) is 5.15 Å². The summed E-state index contributed by atoms with van der Waals surface area (Å²) < 4.78 is 32.5. The topological polar surface area (TPSA) is 130 Å². The number of fused-ring (bicyclic) bond motifs is 1. The number of ether oxygens (including phenoxy) is 1. The molecule has 3 aromatic heterocycles. The lowest BCUT2D eigenvalue weighted by Gasteiger charge is -2.30. The quantitative estimate of drug-likeness (QED) is 0.237. The van der Waals surface area contributed by atoms with Crippen LogP contribution in [0.25, 0.3) is 11.6 Å². The summed E-state index contributed by atoms with van der Waals surface area (Å²) >= 11 is 6.47. The van der Waals surface area contributed by atoms with Crippen molar-refractivity contribution in [1.82, 2.24) is 24.8 Å². The number of anilines is 2. The highest BCUT2D eigenvalue weighted by Gasteiger charge is 2.38. The van der Waals surface area contributed by atoms with Crippen molar-refractivity contribution in [2.24, 2.45) is 0 Å². The zero-order valence-corrected chi connectivity index (χ0v) is 23.9. The van der Waals surface area contributed by atoms with Crippen LogP contribution in [-0.2, 0) is 11.3 Å². The number of piperidine rings is 1. The number of methoxy groups -OCH3 is 1. The third kappa shape index (κ3) is 5.53. The van der Waals surface area contributed by atoms with E-state index in [1.54, 1.807) is 24.2 Å². The third-order valence-corrected chi connectivity index (χ3v) is 7.89. The normalized spacial score (nSPS) is 17.8. The molecule has 2 aliphatic heterocycles. The number of rotatable bonds is 7. The Morgan fingerprint density at radius 3 is 2.59 bits per heavy atom. The first-order chi connectivity index (χ1) is 19.4. The third-order valence-electron chi connectivity index (χ3n) is 7.62. The van der Waals surface area contributed by atoms with Crippen molar-refractivity contribution in [2.75, 3.05) is 37.4 Å². The fourth-order valence-electron chi connectivity index (χ4n) is 5.20.